The molecule has 0 radical (unpaired) electrons. The van der Waals surface area contributed by atoms with Crippen LogP contribution >= 0.6 is 11.8 Å². The fourth-order valence-electron chi connectivity index (χ4n) is 3.08. The number of rotatable bonds is 7. The molecule has 0 atom stereocenters. The zero-order valence-electron chi connectivity index (χ0n) is 17.5. The number of aryl methyl sites for hydroxylation is 1. The Morgan fingerprint density at radius 3 is 2.52 bits per heavy atom. The van der Waals surface area contributed by atoms with Crippen LogP contribution in [0.25, 0.3) is 5.69 Å². The minimum atomic E-state index is -0.0725. The van der Waals surface area contributed by atoms with Crippen molar-refractivity contribution < 1.29 is 4.79 Å². The molecular formula is C22H27N5OS. The number of nitrogens with one attached hydrogen (secondary N) is 1. The van der Waals surface area contributed by atoms with Crippen molar-refractivity contribution in [3.05, 3.63) is 59.9 Å². The molecule has 0 saturated heterocycles. The predicted octanol–water partition coefficient (Wildman–Crippen LogP) is 4.50. The van der Waals surface area contributed by atoms with Crippen molar-refractivity contribution >= 4 is 29.0 Å². The zero-order valence-corrected chi connectivity index (χ0v) is 18.3. The van der Waals surface area contributed by atoms with Crippen LogP contribution in [0.4, 0.5) is 11.4 Å². The third kappa shape index (κ3) is 5.17. The van der Waals surface area contributed by atoms with Gasteiger partial charge in [0.2, 0.25) is 5.91 Å². The molecule has 3 rings (SSSR count). The molecule has 0 bridgehead atoms. The van der Waals surface area contributed by atoms with E-state index >= 15 is 0 Å². The average Bonchev–Trinajstić information content (AvgIpc) is 3.15. The lowest BCUT2D eigenvalue weighted by Crippen LogP contribution is -2.15. The Kier molecular flexibility index (Phi) is 6.59. The van der Waals surface area contributed by atoms with E-state index in [4.69, 9.17) is 0 Å². The summed E-state index contributed by atoms with van der Waals surface area (Å²) in [5.74, 6) is 0.673. The molecule has 3 aromatic rings. The summed E-state index contributed by atoms with van der Waals surface area (Å²) in [5.41, 5.74) is 5.31. The van der Waals surface area contributed by atoms with E-state index in [-0.39, 0.29) is 11.7 Å². The molecule has 6 nitrogen and oxygen atoms in total. The van der Waals surface area contributed by atoms with E-state index in [1.807, 2.05) is 43.8 Å². The third-order valence-electron chi connectivity index (χ3n) is 4.65. The maximum atomic E-state index is 12.4. The Morgan fingerprint density at radius 1 is 1.17 bits per heavy atom. The largest absolute Gasteiger partial charge is 0.377 e. The van der Waals surface area contributed by atoms with Crippen molar-refractivity contribution in [3.63, 3.8) is 0 Å². The first-order valence-electron chi connectivity index (χ1n) is 9.56. The van der Waals surface area contributed by atoms with E-state index in [2.05, 4.69) is 58.5 Å². The Balaban J connectivity index is 1.63. The summed E-state index contributed by atoms with van der Waals surface area (Å²) in [6.45, 7) is 6.37. The van der Waals surface area contributed by atoms with Gasteiger partial charge < -0.3 is 10.2 Å². The molecule has 0 aliphatic heterocycles. The minimum Gasteiger partial charge on any atom is -0.377 e. The fourth-order valence-corrected chi connectivity index (χ4v) is 3.81. The lowest BCUT2D eigenvalue weighted by molar-refractivity contribution is -0.113. The van der Waals surface area contributed by atoms with E-state index in [9.17, 15) is 4.79 Å². The van der Waals surface area contributed by atoms with Crippen LogP contribution in [-0.2, 0) is 4.79 Å². The van der Waals surface area contributed by atoms with Gasteiger partial charge >= 0.3 is 0 Å². The van der Waals surface area contributed by atoms with Crippen LogP contribution in [0, 0.1) is 6.92 Å². The van der Waals surface area contributed by atoms with Gasteiger partial charge in [0.15, 0.2) is 5.16 Å². The lowest BCUT2D eigenvalue weighted by Gasteiger charge is -2.16. The Morgan fingerprint density at radius 2 is 1.90 bits per heavy atom. The normalized spacial score (nSPS) is 11.0. The summed E-state index contributed by atoms with van der Waals surface area (Å²) >= 11 is 1.37. The smallest absolute Gasteiger partial charge is 0.234 e. The molecule has 1 N–H and O–H groups in total. The van der Waals surface area contributed by atoms with Crippen LogP contribution in [0.1, 0.15) is 30.9 Å². The zero-order chi connectivity index (χ0) is 21.0. The second kappa shape index (κ2) is 9.13. The van der Waals surface area contributed by atoms with Crippen molar-refractivity contribution in [1.82, 2.24) is 14.8 Å². The molecule has 0 fully saturated rings. The molecule has 0 spiro atoms. The van der Waals surface area contributed by atoms with Crippen molar-refractivity contribution in [1.29, 1.82) is 0 Å². The molecule has 1 aromatic heterocycles. The van der Waals surface area contributed by atoms with Crippen LogP contribution in [0.5, 0.6) is 0 Å². The molecule has 0 unspecified atom stereocenters. The lowest BCUT2D eigenvalue weighted by atomic mass is 10.0. The molecular weight excluding hydrogens is 382 g/mol. The summed E-state index contributed by atoms with van der Waals surface area (Å²) in [4.78, 5) is 14.5. The number of hydrogen-bond donors (Lipinski definition) is 1. The first-order valence-corrected chi connectivity index (χ1v) is 10.5. The van der Waals surface area contributed by atoms with Crippen molar-refractivity contribution in [2.45, 2.75) is 31.8 Å². The highest BCUT2D eigenvalue weighted by Gasteiger charge is 2.11. The molecule has 2 aromatic carbocycles. The highest BCUT2D eigenvalue weighted by molar-refractivity contribution is 7.99. The summed E-state index contributed by atoms with van der Waals surface area (Å²) in [6, 6.07) is 14.2. The Hall–Kier alpha value is -2.80. The quantitative estimate of drug-likeness (QED) is 0.582. The van der Waals surface area contributed by atoms with Gasteiger partial charge in [-0.2, -0.15) is 0 Å². The molecule has 7 heteroatoms. The number of thioether (sulfide) groups is 1. The number of aromatic nitrogens is 3. The first-order chi connectivity index (χ1) is 13.8. The maximum absolute atomic E-state index is 12.4. The number of amides is 1. The minimum absolute atomic E-state index is 0.0725. The van der Waals surface area contributed by atoms with Crippen molar-refractivity contribution in [2.24, 2.45) is 0 Å². The van der Waals surface area contributed by atoms with Gasteiger partial charge in [-0.3, -0.25) is 9.36 Å². The van der Waals surface area contributed by atoms with Gasteiger partial charge in [0, 0.05) is 31.2 Å². The summed E-state index contributed by atoms with van der Waals surface area (Å²) in [5, 5.41) is 11.8. The molecule has 1 amide bonds. The van der Waals surface area contributed by atoms with Gasteiger partial charge in [0.25, 0.3) is 0 Å². The highest BCUT2D eigenvalue weighted by Crippen LogP contribution is 2.24. The number of hydrogen-bond acceptors (Lipinski definition) is 5. The molecule has 152 valence electrons. The van der Waals surface area contributed by atoms with Gasteiger partial charge in [-0.15, -0.1) is 10.2 Å². The second-order valence-electron chi connectivity index (χ2n) is 7.46. The molecule has 1 heterocycles. The van der Waals surface area contributed by atoms with Gasteiger partial charge in [-0.25, -0.2) is 0 Å². The van der Waals surface area contributed by atoms with Crippen LogP contribution < -0.4 is 10.2 Å². The number of anilines is 2. The van der Waals surface area contributed by atoms with E-state index in [1.54, 1.807) is 6.33 Å². The molecule has 0 aliphatic carbocycles. The van der Waals surface area contributed by atoms with Gasteiger partial charge in [0.1, 0.15) is 6.33 Å². The molecule has 0 aliphatic rings. The monoisotopic (exact) mass is 409 g/mol. The average molecular weight is 410 g/mol. The van der Waals surface area contributed by atoms with Gasteiger partial charge in [-0.1, -0.05) is 37.7 Å². The van der Waals surface area contributed by atoms with Crippen LogP contribution in [0.2, 0.25) is 0 Å². The fraction of sp³-hybridized carbons (Fsp3) is 0.318. The van der Waals surface area contributed by atoms with E-state index in [0.717, 1.165) is 22.6 Å². The first kappa shape index (κ1) is 20.9. The van der Waals surface area contributed by atoms with Crippen molar-refractivity contribution in [2.75, 3.05) is 30.1 Å². The molecule has 29 heavy (non-hydrogen) atoms. The van der Waals surface area contributed by atoms with Crippen molar-refractivity contribution in [3.8, 4) is 5.69 Å². The topological polar surface area (TPSA) is 63.1 Å². The predicted molar refractivity (Wildman–Crippen MR) is 120 cm³/mol. The van der Waals surface area contributed by atoms with E-state index in [0.29, 0.717) is 11.1 Å². The number of nitrogens with zero attached hydrogens (tertiary/aromatic N) is 4. The van der Waals surface area contributed by atoms with Crippen LogP contribution in [-0.4, -0.2) is 40.5 Å². The SMILES string of the molecule is Cc1cc(NC(=O)CSc2nncn2-c2ccc(C(C)C)cc2)ccc1N(C)C. The van der Waals surface area contributed by atoms with E-state index in [1.165, 1.54) is 17.3 Å². The van der Waals surface area contributed by atoms with Crippen LogP contribution in [0.3, 0.4) is 0 Å². The highest BCUT2D eigenvalue weighted by atomic mass is 32.2. The van der Waals surface area contributed by atoms with Crippen LogP contribution in [0.15, 0.2) is 53.9 Å². The second-order valence-corrected chi connectivity index (χ2v) is 8.40. The van der Waals surface area contributed by atoms with Gasteiger partial charge in [0.05, 0.1) is 5.75 Å². The maximum Gasteiger partial charge on any atom is 0.234 e. The Bertz CT molecular complexity index is 979. The standard InChI is InChI=1S/C22H27N5OS/c1-15(2)17-6-9-19(10-7-17)27-14-23-25-22(27)29-13-21(28)24-18-8-11-20(26(4)5)16(3)12-18/h6-12,14-15H,13H2,1-5H3,(H,24,28). The molecule has 0 saturated carbocycles. The third-order valence-corrected chi connectivity index (χ3v) is 5.59. The summed E-state index contributed by atoms with van der Waals surface area (Å²) in [7, 11) is 4.01. The van der Waals surface area contributed by atoms with E-state index < -0.39 is 0 Å². The summed E-state index contributed by atoms with van der Waals surface area (Å²) in [6.07, 6.45) is 1.67. The number of carbonyl (C=O) groups excluding carboxylic acids is 1. The van der Waals surface area contributed by atoms with Gasteiger partial charge in [-0.05, 0) is 54.3 Å². The number of carbonyl (C=O) groups is 1. The Labute approximate surface area is 176 Å². The number of benzene rings is 2. The summed E-state index contributed by atoms with van der Waals surface area (Å²) < 4.78 is 1.90.